The summed E-state index contributed by atoms with van der Waals surface area (Å²) in [7, 11) is 2.97. The molecule has 0 aliphatic carbocycles. The monoisotopic (exact) mass is 630 g/mol. The van der Waals surface area contributed by atoms with Gasteiger partial charge in [-0.15, -0.1) is 0 Å². The van der Waals surface area contributed by atoms with Crippen molar-refractivity contribution in [2.75, 3.05) is 52.4 Å². The third kappa shape index (κ3) is 5.91. The molecule has 0 atom stereocenters. The molecular weight excluding hydrogens is 601 g/mol. The molecule has 2 aliphatic heterocycles. The highest BCUT2D eigenvalue weighted by Gasteiger charge is 2.27. The van der Waals surface area contributed by atoms with Gasteiger partial charge in [0.15, 0.2) is 0 Å². The summed E-state index contributed by atoms with van der Waals surface area (Å²) in [5.41, 5.74) is 2.38. The zero-order valence-corrected chi connectivity index (χ0v) is 25.9. The Morgan fingerprint density at radius 1 is 0.568 bits per heavy atom. The van der Waals surface area contributed by atoms with E-state index in [1.165, 1.54) is 34.2 Å². The highest BCUT2D eigenvalue weighted by atomic mass is 33.1. The Morgan fingerprint density at radius 2 is 0.932 bits per heavy atom. The lowest BCUT2D eigenvalue weighted by atomic mass is 10.1. The molecule has 4 amide bonds. The van der Waals surface area contributed by atoms with Crippen LogP contribution < -0.4 is 0 Å². The number of carbonyl (C=O) groups excluding carboxylic acids is 4. The van der Waals surface area contributed by atoms with Gasteiger partial charge in [0.05, 0.1) is 22.2 Å². The molecule has 0 spiro atoms. The molecule has 6 rings (SSSR count). The molecule has 14 heteroatoms. The number of fused-ring (bicyclic) bond motifs is 2. The van der Waals surface area contributed by atoms with E-state index < -0.39 is 0 Å². The average Bonchev–Trinajstić information content (AvgIpc) is 3.06. The average molecular weight is 631 g/mol. The first-order valence-corrected chi connectivity index (χ1v) is 16.4. The van der Waals surface area contributed by atoms with Gasteiger partial charge in [-0.25, -0.2) is 19.9 Å². The molecule has 226 valence electrons. The number of carbonyl (C=O) groups is 4. The summed E-state index contributed by atoms with van der Waals surface area (Å²) >= 11 is 0. The maximum atomic E-state index is 13.5. The Hall–Kier alpha value is -4.30. The first kappa shape index (κ1) is 29.8. The Balaban J connectivity index is 1.21. The van der Waals surface area contributed by atoms with Gasteiger partial charge in [0.1, 0.15) is 12.7 Å². The summed E-state index contributed by atoms with van der Waals surface area (Å²) in [4.78, 5) is 76.5. The molecule has 2 aliphatic rings. The fraction of sp³-hybridized carbons (Fsp3) is 0.333. The van der Waals surface area contributed by atoms with Crippen LogP contribution in [-0.2, 0) is 9.59 Å². The van der Waals surface area contributed by atoms with Gasteiger partial charge in [-0.2, -0.15) is 0 Å². The number of rotatable bonds is 5. The Morgan fingerprint density at radius 3 is 1.30 bits per heavy atom. The van der Waals surface area contributed by atoms with Gasteiger partial charge >= 0.3 is 0 Å². The van der Waals surface area contributed by atoms with Gasteiger partial charge in [0.25, 0.3) is 11.8 Å². The predicted octanol–water partition coefficient (Wildman–Crippen LogP) is 2.98. The molecule has 0 N–H and O–H groups in total. The standard InChI is InChI=1S/C30H30N8O4S2/c1-19(39)35-7-11-37(12-8-35)29(41)21-3-5-25(27-23(21)15-31-17-33-27)43-44-26-6-4-22(24-16-32-18-34-28(24)26)30(42)38-13-9-36(10-14-38)20(2)40/h3-6,15-18H,7-14H2,1-2H3. The van der Waals surface area contributed by atoms with Gasteiger partial charge in [-0.3, -0.25) is 19.2 Å². The van der Waals surface area contributed by atoms with Crippen molar-refractivity contribution in [3.63, 3.8) is 0 Å². The molecule has 2 aromatic heterocycles. The minimum Gasteiger partial charge on any atom is -0.339 e. The predicted molar refractivity (Wildman–Crippen MR) is 167 cm³/mol. The van der Waals surface area contributed by atoms with E-state index in [4.69, 9.17) is 0 Å². The van der Waals surface area contributed by atoms with Crippen molar-refractivity contribution in [2.45, 2.75) is 23.6 Å². The van der Waals surface area contributed by atoms with Gasteiger partial charge < -0.3 is 19.6 Å². The molecule has 12 nitrogen and oxygen atoms in total. The number of hydrogen-bond donors (Lipinski definition) is 0. The maximum absolute atomic E-state index is 13.5. The third-order valence-electron chi connectivity index (χ3n) is 7.98. The number of nitrogens with zero attached hydrogens (tertiary/aromatic N) is 8. The van der Waals surface area contributed by atoms with E-state index >= 15 is 0 Å². The van der Waals surface area contributed by atoms with Crippen LogP contribution in [0, 0.1) is 0 Å². The van der Waals surface area contributed by atoms with Crippen molar-refractivity contribution >= 4 is 67.0 Å². The highest BCUT2D eigenvalue weighted by molar-refractivity contribution is 8.76. The maximum Gasteiger partial charge on any atom is 0.254 e. The van der Waals surface area contributed by atoms with Gasteiger partial charge in [-0.05, 0) is 24.3 Å². The minimum atomic E-state index is -0.108. The van der Waals surface area contributed by atoms with E-state index in [-0.39, 0.29) is 23.6 Å². The van der Waals surface area contributed by atoms with Crippen LogP contribution in [0.25, 0.3) is 21.8 Å². The van der Waals surface area contributed by atoms with Crippen molar-refractivity contribution in [1.29, 1.82) is 0 Å². The largest absolute Gasteiger partial charge is 0.339 e. The van der Waals surface area contributed by atoms with E-state index in [9.17, 15) is 19.2 Å². The van der Waals surface area contributed by atoms with Gasteiger partial charge in [0, 0.05) is 99.2 Å². The molecule has 0 radical (unpaired) electrons. The molecule has 0 unspecified atom stereocenters. The molecule has 4 heterocycles. The van der Waals surface area contributed by atoms with Crippen molar-refractivity contribution < 1.29 is 19.2 Å². The Bertz CT molecular complexity index is 1640. The van der Waals surface area contributed by atoms with E-state index in [1.807, 2.05) is 24.3 Å². The quantitative estimate of drug-likeness (QED) is 0.303. The smallest absolute Gasteiger partial charge is 0.254 e. The topological polar surface area (TPSA) is 133 Å². The lowest BCUT2D eigenvalue weighted by Crippen LogP contribution is -2.50. The molecule has 2 saturated heterocycles. The second kappa shape index (κ2) is 12.7. The first-order chi connectivity index (χ1) is 21.3. The molecule has 2 fully saturated rings. The normalized spacial score (nSPS) is 15.6. The first-order valence-electron chi connectivity index (χ1n) is 14.2. The van der Waals surface area contributed by atoms with Crippen molar-refractivity contribution in [3.05, 3.63) is 60.4 Å². The molecule has 4 aromatic rings. The Labute approximate surface area is 261 Å². The van der Waals surface area contributed by atoms with E-state index in [1.54, 1.807) is 45.8 Å². The third-order valence-corrected chi connectivity index (χ3v) is 10.4. The molecule has 44 heavy (non-hydrogen) atoms. The number of benzene rings is 2. The summed E-state index contributed by atoms with van der Waals surface area (Å²) in [6.07, 6.45) is 6.26. The molecule has 0 bridgehead atoms. The van der Waals surface area contributed by atoms with Crippen LogP contribution in [0.1, 0.15) is 34.6 Å². The van der Waals surface area contributed by atoms with E-state index in [0.29, 0.717) is 85.3 Å². The Kier molecular flexibility index (Phi) is 8.62. The zero-order chi connectivity index (χ0) is 30.8. The number of amides is 4. The van der Waals surface area contributed by atoms with Crippen LogP contribution >= 0.6 is 21.6 Å². The molecule has 2 aromatic carbocycles. The summed E-state index contributed by atoms with van der Waals surface area (Å²) in [5.74, 6) is -0.190. The zero-order valence-electron chi connectivity index (χ0n) is 24.3. The van der Waals surface area contributed by atoms with E-state index in [2.05, 4.69) is 19.9 Å². The van der Waals surface area contributed by atoms with Crippen LogP contribution in [0.4, 0.5) is 0 Å². The summed E-state index contributed by atoms with van der Waals surface area (Å²) in [5, 5.41) is 1.32. The van der Waals surface area contributed by atoms with Crippen LogP contribution in [-0.4, -0.2) is 116 Å². The minimum absolute atomic E-state index is 0.0134. The van der Waals surface area contributed by atoms with Gasteiger partial charge in [-0.1, -0.05) is 21.6 Å². The summed E-state index contributed by atoms with van der Waals surface area (Å²) in [6.45, 7) is 7.03. The fourth-order valence-electron chi connectivity index (χ4n) is 5.49. The highest BCUT2D eigenvalue weighted by Crippen LogP contribution is 2.43. The van der Waals surface area contributed by atoms with Crippen LogP contribution in [0.5, 0.6) is 0 Å². The lowest BCUT2D eigenvalue weighted by molar-refractivity contribution is -0.131. The van der Waals surface area contributed by atoms with Crippen LogP contribution in [0.2, 0.25) is 0 Å². The van der Waals surface area contributed by atoms with Crippen LogP contribution in [0.15, 0.2) is 59.1 Å². The summed E-state index contributed by atoms with van der Waals surface area (Å²) < 4.78 is 0. The fourth-order valence-corrected chi connectivity index (χ4v) is 7.74. The summed E-state index contributed by atoms with van der Waals surface area (Å²) in [6, 6.07) is 7.40. The second-order valence-electron chi connectivity index (χ2n) is 10.6. The number of hydrogen-bond acceptors (Lipinski definition) is 10. The lowest BCUT2D eigenvalue weighted by Gasteiger charge is -2.34. The molecule has 0 saturated carbocycles. The van der Waals surface area contributed by atoms with Crippen molar-refractivity contribution in [2.24, 2.45) is 0 Å². The molecular formula is C30H30N8O4S2. The number of aromatic nitrogens is 4. The SMILES string of the molecule is CC(=O)N1CCN(C(=O)c2ccc(SSc3ccc(C(=O)N4CCN(C(C)=O)CC4)c4cncnc34)c3ncncc23)CC1. The van der Waals surface area contributed by atoms with Gasteiger partial charge in [0.2, 0.25) is 11.8 Å². The van der Waals surface area contributed by atoms with Crippen molar-refractivity contribution in [1.82, 2.24) is 39.5 Å². The second-order valence-corrected chi connectivity index (χ2v) is 12.8. The van der Waals surface area contributed by atoms with Crippen molar-refractivity contribution in [3.8, 4) is 0 Å². The van der Waals surface area contributed by atoms with Crippen LogP contribution in [0.3, 0.4) is 0 Å². The number of piperazine rings is 2. The van der Waals surface area contributed by atoms with E-state index in [0.717, 1.165) is 9.79 Å².